The van der Waals surface area contributed by atoms with Gasteiger partial charge in [0, 0.05) is 7.11 Å². The van der Waals surface area contributed by atoms with Crippen LogP contribution in [0.2, 0.25) is 0 Å². The lowest BCUT2D eigenvalue weighted by molar-refractivity contribution is -0.0748. The Balaban J connectivity index is 2.18. The van der Waals surface area contributed by atoms with Crippen LogP contribution in [0.25, 0.3) is 0 Å². The van der Waals surface area contributed by atoms with E-state index in [9.17, 15) is 4.79 Å². The quantitative estimate of drug-likeness (QED) is 0.835. The van der Waals surface area contributed by atoms with E-state index in [0.29, 0.717) is 18.9 Å². The maximum Gasteiger partial charge on any atom is 0.362 e. The number of hydrogen-bond donors (Lipinski definition) is 1. The van der Waals surface area contributed by atoms with Gasteiger partial charge >= 0.3 is 11.9 Å². The van der Waals surface area contributed by atoms with Gasteiger partial charge in [0.25, 0.3) is 0 Å². The molecular weight excluding hydrogens is 238 g/mol. The van der Waals surface area contributed by atoms with E-state index in [1.54, 1.807) is 14.0 Å². The number of aromatic carboxylic acids is 1. The maximum absolute atomic E-state index is 11.0. The number of carboxylic acid groups (broad SMARTS) is 1. The second-order valence-electron chi connectivity index (χ2n) is 4.40. The largest absolute Gasteiger partial charge is 0.476 e. The summed E-state index contributed by atoms with van der Waals surface area (Å²) in [5.41, 5.74) is -0.415. The van der Waals surface area contributed by atoms with E-state index in [1.165, 1.54) is 0 Å². The van der Waals surface area contributed by atoms with Crippen LogP contribution in [0.1, 0.15) is 42.6 Å². The van der Waals surface area contributed by atoms with Gasteiger partial charge in [0.2, 0.25) is 11.6 Å². The zero-order chi connectivity index (χ0) is 13.2. The van der Waals surface area contributed by atoms with Gasteiger partial charge in [-0.05, 0) is 26.2 Å². The van der Waals surface area contributed by atoms with Gasteiger partial charge in [-0.2, -0.15) is 0 Å². The summed E-state index contributed by atoms with van der Waals surface area (Å²) in [6.45, 7) is 2.10. The molecule has 0 radical (unpaired) electrons. The van der Waals surface area contributed by atoms with Crippen molar-refractivity contribution in [3.63, 3.8) is 0 Å². The average Bonchev–Trinajstić information content (AvgIpc) is 2.67. The van der Waals surface area contributed by atoms with Crippen LogP contribution in [-0.4, -0.2) is 35.4 Å². The van der Waals surface area contributed by atoms with E-state index in [1.807, 2.05) is 0 Å². The molecule has 6 heteroatoms. The minimum absolute atomic E-state index is 0.0226. The molecule has 0 unspecified atom stereocenters. The van der Waals surface area contributed by atoms with E-state index in [-0.39, 0.29) is 17.2 Å². The minimum atomic E-state index is -1.14. The lowest BCUT2D eigenvalue weighted by atomic mass is 9.77. The number of hydrogen-bond acceptors (Lipinski definition) is 5. The highest BCUT2D eigenvalue weighted by Crippen LogP contribution is 2.38. The zero-order valence-corrected chi connectivity index (χ0v) is 10.6. The van der Waals surface area contributed by atoms with Crippen LogP contribution in [0.15, 0.2) is 4.42 Å². The molecule has 1 N–H and O–H groups in total. The Morgan fingerprint density at radius 2 is 2.28 bits per heavy atom. The third-order valence-corrected chi connectivity index (χ3v) is 3.29. The van der Waals surface area contributed by atoms with Gasteiger partial charge in [0.05, 0.1) is 18.6 Å². The first-order valence-electron chi connectivity index (χ1n) is 6.01. The Morgan fingerprint density at radius 1 is 1.56 bits per heavy atom. The number of methoxy groups -OCH3 is 1. The van der Waals surface area contributed by atoms with E-state index >= 15 is 0 Å². The summed E-state index contributed by atoms with van der Waals surface area (Å²) in [5, 5.41) is 9.00. The second kappa shape index (κ2) is 4.97. The molecular formula is C12H17NO5. The van der Waals surface area contributed by atoms with Crippen LogP contribution in [-0.2, 0) is 11.2 Å². The van der Waals surface area contributed by atoms with Gasteiger partial charge in [-0.15, -0.1) is 0 Å². The van der Waals surface area contributed by atoms with Crippen LogP contribution >= 0.6 is 0 Å². The lowest BCUT2D eigenvalue weighted by Gasteiger charge is -2.39. The Hall–Kier alpha value is -1.56. The molecule has 0 saturated heterocycles. The average molecular weight is 255 g/mol. The van der Waals surface area contributed by atoms with Crippen molar-refractivity contribution in [3.8, 4) is 5.95 Å². The van der Waals surface area contributed by atoms with Crippen molar-refractivity contribution in [1.29, 1.82) is 0 Å². The van der Waals surface area contributed by atoms with E-state index < -0.39 is 5.97 Å². The first kappa shape index (κ1) is 12.9. The van der Waals surface area contributed by atoms with Crippen LogP contribution < -0.4 is 4.74 Å². The van der Waals surface area contributed by atoms with Crippen LogP contribution in [0.3, 0.4) is 0 Å². The van der Waals surface area contributed by atoms with Crippen molar-refractivity contribution >= 4 is 5.97 Å². The van der Waals surface area contributed by atoms with Crippen LogP contribution in [0.5, 0.6) is 5.95 Å². The van der Waals surface area contributed by atoms with Crippen LogP contribution in [0.4, 0.5) is 0 Å². The molecule has 0 spiro atoms. The van der Waals surface area contributed by atoms with Gasteiger partial charge in [0.1, 0.15) is 0 Å². The fourth-order valence-electron chi connectivity index (χ4n) is 2.09. The molecule has 100 valence electrons. The molecule has 1 saturated carbocycles. The molecule has 2 rings (SSSR count). The van der Waals surface area contributed by atoms with E-state index in [0.717, 1.165) is 19.3 Å². The van der Waals surface area contributed by atoms with Crippen molar-refractivity contribution in [2.75, 3.05) is 13.7 Å². The molecule has 1 aromatic heterocycles. The highest BCUT2D eigenvalue weighted by Gasteiger charge is 2.39. The highest BCUT2D eigenvalue weighted by atomic mass is 16.6. The van der Waals surface area contributed by atoms with Gasteiger partial charge in [0.15, 0.2) is 0 Å². The summed E-state index contributed by atoms with van der Waals surface area (Å²) in [7, 11) is 1.66. The normalized spacial score (nSPS) is 17.2. The number of carboxylic acids is 1. The van der Waals surface area contributed by atoms with Gasteiger partial charge < -0.3 is 19.0 Å². The Morgan fingerprint density at radius 3 is 2.72 bits per heavy atom. The number of carbonyl (C=O) groups is 1. The SMILES string of the molecule is CCOc1oc(CC2(OC)CCC2)nc1C(=O)O. The zero-order valence-electron chi connectivity index (χ0n) is 10.6. The number of nitrogens with zero attached hydrogens (tertiary/aromatic N) is 1. The van der Waals surface area contributed by atoms with Gasteiger partial charge in [-0.3, -0.25) is 0 Å². The van der Waals surface area contributed by atoms with Crippen LogP contribution in [0, 0.1) is 0 Å². The van der Waals surface area contributed by atoms with Crippen molar-refractivity contribution in [2.24, 2.45) is 0 Å². The summed E-state index contributed by atoms with van der Waals surface area (Å²) in [6, 6.07) is 0. The van der Waals surface area contributed by atoms with Gasteiger partial charge in [-0.25, -0.2) is 9.78 Å². The molecule has 0 atom stereocenters. The Kier molecular flexibility index (Phi) is 3.56. The molecule has 18 heavy (non-hydrogen) atoms. The molecule has 1 aliphatic rings. The Labute approximate surface area is 105 Å². The topological polar surface area (TPSA) is 81.8 Å². The molecule has 0 aliphatic heterocycles. The fourth-order valence-corrected chi connectivity index (χ4v) is 2.09. The molecule has 0 aromatic carbocycles. The first-order valence-corrected chi connectivity index (χ1v) is 6.01. The standard InChI is InChI=1S/C12H17NO5/c1-3-17-11-9(10(14)15)13-8(18-11)7-12(16-2)5-4-6-12/h3-7H2,1-2H3,(H,14,15). The summed E-state index contributed by atoms with van der Waals surface area (Å²) in [5.74, 6) is -0.809. The molecule has 1 aromatic rings. The minimum Gasteiger partial charge on any atom is -0.476 e. The molecule has 0 amide bonds. The van der Waals surface area contributed by atoms with Crippen molar-refractivity contribution < 1.29 is 23.8 Å². The number of rotatable bonds is 6. The molecule has 1 fully saturated rings. The van der Waals surface area contributed by atoms with Crippen molar-refractivity contribution in [3.05, 3.63) is 11.6 Å². The number of ether oxygens (including phenoxy) is 2. The van der Waals surface area contributed by atoms with Crippen molar-refractivity contribution in [2.45, 2.75) is 38.2 Å². The van der Waals surface area contributed by atoms with Gasteiger partial charge in [-0.1, -0.05) is 0 Å². The Bertz CT molecular complexity index is 430. The number of oxazole rings is 1. The van der Waals surface area contributed by atoms with E-state index in [2.05, 4.69) is 4.98 Å². The predicted octanol–water partition coefficient (Wildman–Crippen LogP) is 1.88. The molecule has 0 bridgehead atoms. The summed E-state index contributed by atoms with van der Waals surface area (Å²) in [4.78, 5) is 15.0. The van der Waals surface area contributed by atoms with Crippen molar-refractivity contribution in [1.82, 2.24) is 4.98 Å². The summed E-state index contributed by atoms with van der Waals surface area (Å²) >= 11 is 0. The second-order valence-corrected chi connectivity index (χ2v) is 4.40. The third-order valence-electron chi connectivity index (χ3n) is 3.29. The smallest absolute Gasteiger partial charge is 0.362 e. The molecule has 1 aliphatic carbocycles. The monoisotopic (exact) mass is 255 g/mol. The summed E-state index contributed by atoms with van der Waals surface area (Å²) < 4.78 is 15.9. The fraction of sp³-hybridized carbons (Fsp3) is 0.667. The number of aromatic nitrogens is 1. The maximum atomic E-state index is 11.0. The third kappa shape index (κ3) is 2.33. The lowest BCUT2D eigenvalue weighted by Crippen LogP contribution is -2.41. The summed E-state index contributed by atoms with van der Waals surface area (Å²) in [6.07, 6.45) is 3.48. The van der Waals surface area contributed by atoms with E-state index in [4.69, 9.17) is 19.0 Å². The predicted molar refractivity (Wildman–Crippen MR) is 61.9 cm³/mol. The molecule has 1 heterocycles. The highest BCUT2D eigenvalue weighted by molar-refractivity contribution is 5.87. The molecule has 6 nitrogen and oxygen atoms in total. The first-order chi connectivity index (χ1) is 8.60.